The average Bonchev–Trinajstić information content (AvgIpc) is 2.65. The van der Waals surface area contributed by atoms with Crippen LogP contribution in [0.5, 0.6) is 0 Å². The fourth-order valence-corrected chi connectivity index (χ4v) is 3.95. The van der Waals surface area contributed by atoms with Gasteiger partial charge >= 0.3 is 0 Å². The van der Waals surface area contributed by atoms with Crippen LogP contribution in [-0.2, 0) is 0 Å². The van der Waals surface area contributed by atoms with Crippen molar-refractivity contribution >= 4 is 22.5 Å². The highest BCUT2D eigenvalue weighted by molar-refractivity contribution is 7.11. The number of rotatable bonds is 6. The molecule has 0 unspecified atom stereocenters. The first kappa shape index (κ1) is 17.4. The molecule has 25 heavy (non-hydrogen) atoms. The van der Waals surface area contributed by atoms with Crippen molar-refractivity contribution in [2.24, 2.45) is 0 Å². The Bertz CT molecular complexity index is 750. The van der Waals surface area contributed by atoms with Gasteiger partial charge in [-0.15, -0.1) is 0 Å². The van der Waals surface area contributed by atoms with E-state index in [1.54, 1.807) is 0 Å². The van der Waals surface area contributed by atoms with E-state index in [4.69, 9.17) is 0 Å². The lowest BCUT2D eigenvalue weighted by Crippen LogP contribution is -2.66. The summed E-state index contributed by atoms with van der Waals surface area (Å²) in [4.78, 5) is 0. The molecule has 3 rings (SSSR count). The van der Waals surface area contributed by atoms with Gasteiger partial charge in [0.05, 0.1) is 6.15 Å². The summed E-state index contributed by atoms with van der Waals surface area (Å²) in [5, 5.41) is 0. The van der Waals surface area contributed by atoms with Crippen molar-refractivity contribution in [2.75, 3.05) is 0 Å². The minimum atomic E-state index is -1.28. The third-order valence-corrected chi connectivity index (χ3v) is 5.24. The maximum atomic E-state index is 13.5. The highest BCUT2D eigenvalue weighted by atomic mass is 19.1. The Morgan fingerprint density at radius 2 is 1.08 bits per heavy atom. The van der Waals surface area contributed by atoms with Crippen molar-refractivity contribution in [3.05, 3.63) is 90.5 Å². The van der Waals surface area contributed by atoms with Crippen LogP contribution in [0.2, 0.25) is 6.32 Å². The molecule has 0 aromatic heterocycles. The number of hydrogen-bond acceptors (Lipinski definition) is 0. The van der Waals surface area contributed by atoms with Crippen molar-refractivity contribution in [1.29, 1.82) is 0 Å². The molecule has 0 atom stereocenters. The molecule has 3 aromatic carbocycles. The van der Waals surface area contributed by atoms with Gasteiger partial charge in [0.1, 0.15) is 11.6 Å². The molecule has 0 amide bonds. The zero-order chi connectivity index (χ0) is 17.7. The molecule has 0 aliphatic carbocycles. The van der Waals surface area contributed by atoms with E-state index in [1.807, 2.05) is 42.5 Å². The lowest BCUT2D eigenvalue weighted by molar-refractivity contribution is 0.628. The van der Waals surface area contributed by atoms with Crippen molar-refractivity contribution in [2.45, 2.75) is 26.1 Å². The summed E-state index contributed by atoms with van der Waals surface area (Å²) in [6, 6.07) is 23.9. The smallest absolute Gasteiger partial charge is 0.122 e. The maximum absolute atomic E-state index is 13.5. The van der Waals surface area contributed by atoms with Crippen molar-refractivity contribution in [3.63, 3.8) is 0 Å². The number of benzene rings is 3. The molecule has 0 radical (unpaired) electrons. The minimum Gasteiger partial charge on any atom is -0.207 e. The molecule has 0 spiro atoms. The van der Waals surface area contributed by atoms with Gasteiger partial charge in [0, 0.05) is 0 Å². The first-order valence-electron chi connectivity index (χ1n) is 8.91. The number of hydrogen-bond donors (Lipinski definition) is 0. The van der Waals surface area contributed by atoms with Gasteiger partial charge in [-0.3, -0.25) is 0 Å². The molecule has 0 N–H and O–H groups in total. The van der Waals surface area contributed by atoms with E-state index in [0.29, 0.717) is 0 Å². The van der Waals surface area contributed by atoms with Crippen LogP contribution < -0.4 is 16.4 Å². The second-order valence-corrected chi connectivity index (χ2v) is 6.70. The SMILES string of the molecule is CCCC[B-](c1ccccc1)(c1ccc(F)cc1)c1ccc(F)cc1. The molecule has 0 aliphatic heterocycles. The highest BCUT2D eigenvalue weighted by Gasteiger charge is 2.29. The number of unbranched alkanes of at least 4 members (excludes halogenated alkanes) is 1. The normalized spacial score (nSPS) is 11.5. The topological polar surface area (TPSA) is 0 Å². The summed E-state index contributed by atoms with van der Waals surface area (Å²) in [6.45, 7) is 2.17. The fraction of sp³-hybridized carbons (Fsp3) is 0.182. The molecule has 3 aromatic rings. The lowest BCUT2D eigenvalue weighted by atomic mass is 9.14. The third kappa shape index (κ3) is 3.51. The zero-order valence-corrected chi connectivity index (χ0v) is 14.5. The molecular weight excluding hydrogens is 313 g/mol. The predicted octanol–water partition coefficient (Wildman–Crippen LogP) is 4.24. The van der Waals surface area contributed by atoms with Crippen LogP contribution in [0.1, 0.15) is 19.8 Å². The van der Waals surface area contributed by atoms with Crippen LogP contribution in [0.25, 0.3) is 0 Å². The molecule has 0 saturated heterocycles. The van der Waals surface area contributed by atoms with E-state index in [0.717, 1.165) is 30.1 Å². The Labute approximate surface area is 148 Å². The largest absolute Gasteiger partial charge is 0.207 e. The monoisotopic (exact) mass is 335 g/mol. The zero-order valence-electron chi connectivity index (χ0n) is 14.5. The molecule has 0 saturated carbocycles. The van der Waals surface area contributed by atoms with E-state index in [9.17, 15) is 8.78 Å². The summed E-state index contributed by atoms with van der Waals surface area (Å²) in [6.07, 6.45) is 1.78. The minimum absolute atomic E-state index is 0.240. The second kappa shape index (κ2) is 7.65. The molecule has 0 fully saturated rings. The average molecular weight is 335 g/mol. The van der Waals surface area contributed by atoms with E-state index in [-0.39, 0.29) is 11.6 Å². The summed E-state index contributed by atoms with van der Waals surface area (Å²) in [7, 11) is 0. The lowest BCUT2D eigenvalue weighted by Gasteiger charge is -2.43. The fourth-order valence-electron chi connectivity index (χ4n) is 3.95. The molecular formula is C22H22BF2-. The van der Waals surface area contributed by atoms with Crippen LogP contribution in [0.15, 0.2) is 78.9 Å². The summed E-state index contributed by atoms with van der Waals surface area (Å²) in [5.74, 6) is -0.479. The Hall–Kier alpha value is -2.42. The first-order chi connectivity index (χ1) is 12.2. The van der Waals surface area contributed by atoms with Gasteiger partial charge in [0.15, 0.2) is 0 Å². The maximum Gasteiger partial charge on any atom is 0.122 e. The van der Waals surface area contributed by atoms with E-state index < -0.39 is 6.15 Å². The van der Waals surface area contributed by atoms with Crippen LogP contribution in [-0.4, -0.2) is 6.15 Å². The van der Waals surface area contributed by atoms with Gasteiger partial charge in [-0.25, -0.2) is 8.78 Å². The molecule has 0 aliphatic rings. The van der Waals surface area contributed by atoms with E-state index >= 15 is 0 Å². The number of halogens is 2. The van der Waals surface area contributed by atoms with Crippen LogP contribution in [0.3, 0.4) is 0 Å². The van der Waals surface area contributed by atoms with Gasteiger partial charge in [0.2, 0.25) is 0 Å². The summed E-state index contributed by atoms with van der Waals surface area (Å²) < 4.78 is 27.1. The Balaban J connectivity index is 2.26. The molecule has 3 heteroatoms. The van der Waals surface area contributed by atoms with E-state index in [1.165, 1.54) is 29.7 Å². The van der Waals surface area contributed by atoms with Crippen molar-refractivity contribution in [1.82, 2.24) is 0 Å². The third-order valence-electron chi connectivity index (χ3n) is 5.24. The summed E-state index contributed by atoms with van der Waals surface area (Å²) in [5.41, 5.74) is 3.38. The van der Waals surface area contributed by atoms with Gasteiger partial charge in [-0.1, -0.05) is 74.4 Å². The highest BCUT2D eigenvalue weighted by Crippen LogP contribution is 2.17. The Kier molecular flexibility index (Phi) is 5.32. The van der Waals surface area contributed by atoms with Crippen LogP contribution in [0, 0.1) is 11.6 Å². The quantitative estimate of drug-likeness (QED) is 0.591. The molecule has 0 heterocycles. The van der Waals surface area contributed by atoms with Crippen molar-refractivity contribution in [3.8, 4) is 0 Å². The van der Waals surface area contributed by atoms with Gasteiger partial charge in [0.25, 0.3) is 0 Å². The van der Waals surface area contributed by atoms with Gasteiger partial charge in [-0.2, -0.15) is 22.7 Å². The predicted molar refractivity (Wildman–Crippen MR) is 104 cm³/mol. The van der Waals surface area contributed by atoms with Gasteiger partial charge in [-0.05, 0) is 24.3 Å². The molecule has 0 bridgehead atoms. The van der Waals surface area contributed by atoms with Gasteiger partial charge < -0.3 is 0 Å². The van der Waals surface area contributed by atoms with E-state index in [2.05, 4.69) is 19.1 Å². The van der Waals surface area contributed by atoms with Crippen LogP contribution >= 0.6 is 0 Å². The van der Waals surface area contributed by atoms with Crippen molar-refractivity contribution < 1.29 is 8.78 Å². The molecule has 128 valence electrons. The standard InChI is InChI=1S/C22H22BF2/c1-2-3-17-23(18-7-5-4-6-8-18,19-9-13-21(24)14-10-19)20-11-15-22(25)16-12-20/h4-16H,2-3,17H2,1H3/q-1. The van der Waals surface area contributed by atoms with Crippen LogP contribution in [0.4, 0.5) is 8.78 Å². The Morgan fingerprint density at radius 1 is 0.640 bits per heavy atom. The Morgan fingerprint density at radius 3 is 1.52 bits per heavy atom. The summed E-state index contributed by atoms with van der Waals surface area (Å²) >= 11 is 0. The first-order valence-corrected chi connectivity index (χ1v) is 8.91. The molecule has 0 nitrogen and oxygen atoms in total. The second-order valence-electron chi connectivity index (χ2n) is 6.70.